The Balaban J connectivity index is 1.54. The standard InChI is InChI=1S/C20H20N4OS/c1-13-5-4-7-15(11-13)19-22-23-20(26)24(19)12-18(25)21-17-10-9-14-6-2-3-8-16(14)17/h2-8,11,17H,9-10,12H2,1H3,(H,21,25)(H,23,26). The monoisotopic (exact) mass is 364 g/mol. The Labute approximate surface area is 157 Å². The summed E-state index contributed by atoms with van der Waals surface area (Å²) >= 11 is 5.33. The normalized spacial score (nSPS) is 15.7. The van der Waals surface area contributed by atoms with Crippen LogP contribution in [-0.2, 0) is 17.8 Å². The number of fused-ring (bicyclic) bond motifs is 1. The number of carbonyl (C=O) groups is 1. The van der Waals surface area contributed by atoms with Gasteiger partial charge in [0.25, 0.3) is 0 Å². The zero-order valence-corrected chi connectivity index (χ0v) is 15.3. The molecule has 0 saturated carbocycles. The average molecular weight is 364 g/mol. The smallest absolute Gasteiger partial charge is 0.240 e. The second-order valence-electron chi connectivity index (χ2n) is 6.67. The van der Waals surface area contributed by atoms with Crippen LogP contribution in [0.1, 0.15) is 29.2 Å². The van der Waals surface area contributed by atoms with Crippen molar-refractivity contribution in [3.05, 3.63) is 70.0 Å². The van der Waals surface area contributed by atoms with Gasteiger partial charge in [-0.2, -0.15) is 5.10 Å². The molecule has 4 rings (SSSR count). The van der Waals surface area contributed by atoms with Gasteiger partial charge in [-0.1, -0.05) is 48.0 Å². The lowest BCUT2D eigenvalue weighted by Gasteiger charge is -2.15. The zero-order valence-electron chi connectivity index (χ0n) is 14.5. The van der Waals surface area contributed by atoms with Crippen LogP contribution in [0.4, 0.5) is 0 Å². The fraction of sp³-hybridized carbons (Fsp3) is 0.250. The highest BCUT2D eigenvalue weighted by Gasteiger charge is 2.24. The van der Waals surface area contributed by atoms with Gasteiger partial charge < -0.3 is 5.32 Å². The third-order valence-electron chi connectivity index (χ3n) is 4.80. The van der Waals surface area contributed by atoms with Gasteiger partial charge >= 0.3 is 0 Å². The van der Waals surface area contributed by atoms with Crippen LogP contribution in [0.25, 0.3) is 11.4 Å². The van der Waals surface area contributed by atoms with Gasteiger partial charge in [-0.15, -0.1) is 0 Å². The molecule has 1 heterocycles. The third-order valence-corrected chi connectivity index (χ3v) is 5.12. The van der Waals surface area contributed by atoms with Crippen LogP contribution in [0.15, 0.2) is 48.5 Å². The molecule has 0 spiro atoms. The molecular weight excluding hydrogens is 344 g/mol. The second-order valence-corrected chi connectivity index (χ2v) is 7.05. The van der Waals surface area contributed by atoms with E-state index in [1.54, 1.807) is 4.57 Å². The fourth-order valence-corrected chi connectivity index (χ4v) is 3.76. The molecule has 1 aliphatic rings. The highest BCUT2D eigenvalue weighted by molar-refractivity contribution is 7.71. The van der Waals surface area contributed by atoms with Crippen LogP contribution in [0.2, 0.25) is 0 Å². The number of aryl methyl sites for hydroxylation is 2. The van der Waals surface area contributed by atoms with Gasteiger partial charge in [-0.25, -0.2) is 0 Å². The predicted molar refractivity (Wildman–Crippen MR) is 103 cm³/mol. The minimum absolute atomic E-state index is 0.0573. The number of aromatic amines is 1. The molecule has 0 radical (unpaired) electrons. The minimum Gasteiger partial charge on any atom is -0.348 e. The summed E-state index contributed by atoms with van der Waals surface area (Å²) in [6.45, 7) is 2.18. The van der Waals surface area contributed by atoms with Gasteiger partial charge in [-0.05, 0) is 49.2 Å². The molecule has 6 heteroatoms. The van der Waals surface area contributed by atoms with Gasteiger partial charge in [0.2, 0.25) is 5.91 Å². The maximum absolute atomic E-state index is 12.7. The number of benzene rings is 2. The van der Waals surface area contributed by atoms with Gasteiger partial charge in [0, 0.05) is 5.56 Å². The summed E-state index contributed by atoms with van der Waals surface area (Å²) in [4.78, 5) is 12.7. The molecule has 1 unspecified atom stereocenters. The van der Waals surface area contributed by atoms with Gasteiger partial charge in [0.15, 0.2) is 10.6 Å². The molecular formula is C20H20N4OS. The van der Waals surface area contributed by atoms with E-state index in [-0.39, 0.29) is 18.5 Å². The molecule has 3 aromatic rings. The Kier molecular flexibility index (Phi) is 4.42. The van der Waals surface area contributed by atoms with Crippen LogP contribution in [0.3, 0.4) is 0 Å². The Bertz CT molecular complexity index is 1020. The molecule has 1 atom stereocenters. The molecule has 0 saturated heterocycles. The quantitative estimate of drug-likeness (QED) is 0.694. The Morgan fingerprint density at radius 1 is 1.31 bits per heavy atom. The number of H-pyrrole nitrogens is 1. The summed E-state index contributed by atoms with van der Waals surface area (Å²) in [5.41, 5.74) is 4.61. The topological polar surface area (TPSA) is 62.7 Å². The first-order valence-corrected chi connectivity index (χ1v) is 9.12. The number of aromatic nitrogens is 3. The molecule has 26 heavy (non-hydrogen) atoms. The molecule has 1 amide bonds. The van der Waals surface area contributed by atoms with Gasteiger partial charge in [-0.3, -0.25) is 14.5 Å². The molecule has 132 valence electrons. The average Bonchev–Trinajstić information content (AvgIpc) is 3.20. The van der Waals surface area contributed by atoms with Crippen molar-refractivity contribution in [3.8, 4) is 11.4 Å². The highest BCUT2D eigenvalue weighted by atomic mass is 32.1. The number of carbonyl (C=O) groups excluding carboxylic acids is 1. The Morgan fingerprint density at radius 2 is 2.15 bits per heavy atom. The van der Waals surface area contributed by atoms with E-state index in [1.807, 2.05) is 43.3 Å². The van der Waals surface area contributed by atoms with Gasteiger partial charge in [0.1, 0.15) is 6.54 Å². The van der Waals surface area contributed by atoms with E-state index < -0.39 is 0 Å². The van der Waals surface area contributed by atoms with E-state index in [4.69, 9.17) is 12.2 Å². The third kappa shape index (κ3) is 3.20. The van der Waals surface area contributed by atoms with Crippen molar-refractivity contribution in [2.45, 2.75) is 32.4 Å². The van der Waals surface area contributed by atoms with Gasteiger partial charge in [0.05, 0.1) is 6.04 Å². The molecule has 1 aliphatic carbocycles. The zero-order chi connectivity index (χ0) is 18.1. The van der Waals surface area contributed by atoms with Crippen LogP contribution in [0.5, 0.6) is 0 Å². The molecule has 1 aromatic heterocycles. The molecule has 2 aromatic carbocycles. The van der Waals surface area contributed by atoms with Crippen molar-refractivity contribution in [3.63, 3.8) is 0 Å². The van der Waals surface area contributed by atoms with Crippen molar-refractivity contribution in [1.82, 2.24) is 20.1 Å². The van der Waals surface area contributed by atoms with Crippen molar-refractivity contribution in [1.29, 1.82) is 0 Å². The molecule has 0 fully saturated rings. The maximum atomic E-state index is 12.7. The van der Waals surface area contributed by atoms with E-state index in [0.29, 0.717) is 10.6 Å². The van der Waals surface area contributed by atoms with Crippen molar-refractivity contribution in [2.24, 2.45) is 0 Å². The predicted octanol–water partition coefficient (Wildman–Crippen LogP) is 3.72. The van der Waals surface area contributed by atoms with Crippen molar-refractivity contribution < 1.29 is 4.79 Å². The first kappa shape index (κ1) is 16.7. The van der Waals surface area contributed by atoms with Crippen LogP contribution in [0, 0.1) is 11.7 Å². The SMILES string of the molecule is Cc1cccc(-c2n[nH]c(=S)n2CC(=O)NC2CCc3ccccc32)c1. The molecule has 0 aliphatic heterocycles. The number of hydrogen-bond donors (Lipinski definition) is 2. The van der Waals surface area contributed by atoms with E-state index >= 15 is 0 Å². The second kappa shape index (κ2) is 6.88. The van der Waals surface area contributed by atoms with Crippen LogP contribution >= 0.6 is 12.2 Å². The lowest BCUT2D eigenvalue weighted by Crippen LogP contribution is -2.30. The van der Waals surface area contributed by atoms with E-state index in [2.05, 4.69) is 27.6 Å². The lowest BCUT2D eigenvalue weighted by molar-refractivity contribution is -0.122. The van der Waals surface area contributed by atoms with Crippen LogP contribution < -0.4 is 5.32 Å². The van der Waals surface area contributed by atoms with Crippen LogP contribution in [-0.4, -0.2) is 20.7 Å². The first-order chi connectivity index (χ1) is 12.6. The summed E-state index contributed by atoms with van der Waals surface area (Å²) in [5, 5.41) is 10.3. The number of rotatable bonds is 4. The Hall–Kier alpha value is -2.73. The lowest BCUT2D eigenvalue weighted by atomic mass is 10.1. The first-order valence-electron chi connectivity index (χ1n) is 8.71. The minimum atomic E-state index is -0.0573. The summed E-state index contributed by atoms with van der Waals surface area (Å²) in [5.74, 6) is 0.624. The van der Waals surface area contributed by atoms with E-state index in [0.717, 1.165) is 24.0 Å². The molecule has 2 N–H and O–H groups in total. The summed E-state index contributed by atoms with van der Waals surface area (Å²) in [7, 11) is 0. The highest BCUT2D eigenvalue weighted by Crippen LogP contribution is 2.30. The molecule has 5 nitrogen and oxygen atoms in total. The summed E-state index contributed by atoms with van der Waals surface area (Å²) < 4.78 is 2.20. The summed E-state index contributed by atoms with van der Waals surface area (Å²) in [6.07, 6.45) is 1.94. The summed E-state index contributed by atoms with van der Waals surface area (Å²) in [6, 6.07) is 16.4. The number of amides is 1. The number of nitrogens with one attached hydrogen (secondary N) is 2. The van der Waals surface area contributed by atoms with Crippen molar-refractivity contribution in [2.75, 3.05) is 0 Å². The maximum Gasteiger partial charge on any atom is 0.240 e. The van der Waals surface area contributed by atoms with E-state index in [9.17, 15) is 4.79 Å². The Morgan fingerprint density at radius 3 is 3.00 bits per heavy atom. The number of hydrogen-bond acceptors (Lipinski definition) is 3. The van der Waals surface area contributed by atoms with E-state index in [1.165, 1.54) is 11.1 Å². The van der Waals surface area contributed by atoms with Crippen molar-refractivity contribution >= 4 is 18.1 Å². The molecule has 0 bridgehead atoms. The number of nitrogens with zero attached hydrogens (tertiary/aromatic N) is 2. The largest absolute Gasteiger partial charge is 0.348 e. The fourth-order valence-electron chi connectivity index (χ4n) is 3.56.